The molecule has 2 heterocycles. The largest absolute Gasteiger partial charge is 0.423 e. The highest BCUT2D eigenvalue weighted by molar-refractivity contribution is 5.77. The smallest absolute Gasteiger partial charge is 0.382 e. The monoisotopic (exact) mass is 562 g/mol. The number of carbonyl (C=O) groups is 1. The van der Waals surface area contributed by atoms with Crippen LogP contribution in [0.4, 0.5) is 30.2 Å². The zero-order valence-corrected chi connectivity index (χ0v) is 23.2. The topological polar surface area (TPSA) is 88.0 Å². The highest BCUT2D eigenvalue weighted by Gasteiger charge is 2.38. The molecule has 2 aromatic carbocycles. The maximum absolute atomic E-state index is 13.3. The lowest BCUT2D eigenvalue weighted by Crippen LogP contribution is -2.45. The minimum atomic E-state index is -4.83. The van der Waals surface area contributed by atoms with Crippen molar-refractivity contribution in [2.24, 2.45) is 0 Å². The van der Waals surface area contributed by atoms with Crippen LogP contribution in [0.25, 0.3) is 0 Å². The van der Waals surface area contributed by atoms with Gasteiger partial charge in [-0.3, -0.25) is 14.9 Å². The first-order valence-corrected chi connectivity index (χ1v) is 13.7. The molecular formula is C29H37F3N4O4. The number of nitro benzene ring substituents is 1. The Bertz CT molecular complexity index is 1180. The number of alkyl halides is 3. The van der Waals surface area contributed by atoms with Crippen molar-refractivity contribution in [2.75, 3.05) is 43.0 Å². The molecule has 1 N–H and O–H groups in total. The average Bonchev–Trinajstić information content (AvgIpc) is 2.91. The number of nitrogens with zero attached hydrogens (tertiary/aromatic N) is 3. The van der Waals surface area contributed by atoms with Crippen LogP contribution in [0.2, 0.25) is 0 Å². The first-order valence-electron chi connectivity index (χ1n) is 13.7. The lowest BCUT2D eigenvalue weighted by molar-refractivity contribution is -0.388. The van der Waals surface area contributed by atoms with E-state index in [2.05, 4.69) is 55.3 Å². The van der Waals surface area contributed by atoms with Gasteiger partial charge in [-0.2, -0.15) is 13.2 Å². The molecule has 0 unspecified atom stereocenters. The fraction of sp³-hybridized carbons (Fsp3) is 0.552. The van der Waals surface area contributed by atoms with E-state index in [1.54, 1.807) is 4.90 Å². The molecule has 0 radical (unpaired) electrons. The van der Waals surface area contributed by atoms with E-state index in [-0.39, 0.29) is 35.8 Å². The summed E-state index contributed by atoms with van der Waals surface area (Å²) >= 11 is 0. The van der Waals surface area contributed by atoms with Gasteiger partial charge in [0.2, 0.25) is 5.91 Å². The molecule has 8 nitrogen and oxygen atoms in total. The van der Waals surface area contributed by atoms with E-state index in [4.69, 9.17) is 4.74 Å². The quantitative estimate of drug-likeness (QED) is 0.329. The van der Waals surface area contributed by atoms with Gasteiger partial charge in [0.15, 0.2) is 0 Å². The summed E-state index contributed by atoms with van der Waals surface area (Å²) in [7, 11) is 0. The van der Waals surface area contributed by atoms with Gasteiger partial charge in [0.25, 0.3) is 5.69 Å². The summed E-state index contributed by atoms with van der Waals surface area (Å²) in [5, 5.41) is 14.0. The van der Waals surface area contributed by atoms with Gasteiger partial charge < -0.3 is 19.9 Å². The van der Waals surface area contributed by atoms with Crippen LogP contribution in [0.5, 0.6) is 0 Å². The molecule has 4 rings (SSSR count). The molecule has 0 aromatic heterocycles. The number of nitrogens with one attached hydrogen (secondary N) is 1. The van der Waals surface area contributed by atoms with Crippen molar-refractivity contribution in [3.8, 4) is 0 Å². The summed E-state index contributed by atoms with van der Waals surface area (Å²) in [4.78, 5) is 26.7. The maximum Gasteiger partial charge on any atom is 0.423 e. The number of anilines is 2. The molecule has 218 valence electrons. The van der Waals surface area contributed by atoms with Crippen molar-refractivity contribution >= 4 is 23.0 Å². The number of benzene rings is 2. The van der Waals surface area contributed by atoms with Gasteiger partial charge in [-0.05, 0) is 60.9 Å². The van der Waals surface area contributed by atoms with Crippen LogP contribution in [-0.4, -0.2) is 60.7 Å². The van der Waals surface area contributed by atoms with Gasteiger partial charge in [-0.15, -0.1) is 0 Å². The summed E-state index contributed by atoms with van der Waals surface area (Å²) in [5.74, 6) is -0.0895. The number of likely N-dealkylation sites (tertiary alicyclic amines) is 1. The Hall–Kier alpha value is -3.34. The third-order valence-corrected chi connectivity index (χ3v) is 7.70. The van der Waals surface area contributed by atoms with Crippen LogP contribution >= 0.6 is 0 Å². The van der Waals surface area contributed by atoms with Crippen molar-refractivity contribution in [2.45, 2.75) is 70.2 Å². The molecule has 1 amide bonds. The Morgan fingerprint density at radius 1 is 1.00 bits per heavy atom. The maximum atomic E-state index is 13.3. The number of rotatable bonds is 7. The Kier molecular flexibility index (Phi) is 8.92. The molecule has 2 saturated heterocycles. The molecule has 0 aliphatic carbocycles. The minimum absolute atomic E-state index is 0.0142. The van der Waals surface area contributed by atoms with Gasteiger partial charge in [0.05, 0.1) is 11.0 Å². The predicted molar refractivity (Wildman–Crippen MR) is 148 cm³/mol. The van der Waals surface area contributed by atoms with Crippen LogP contribution in [0.1, 0.15) is 57.6 Å². The summed E-state index contributed by atoms with van der Waals surface area (Å²) in [6, 6.07) is 11.5. The van der Waals surface area contributed by atoms with Crippen molar-refractivity contribution < 1.29 is 27.6 Å². The van der Waals surface area contributed by atoms with E-state index < -0.39 is 22.4 Å². The van der Waals surface area contributed by atoms with Crippen molar-refractivity contribution in [1.29, 1.82) is 0 Å². The molecule has 40 heavy (non-hydrogen) atoms. The first kappa shape index (κ1) is 29.6. The van der Waals surface area contributed by atoms with Crippen LogP contribution < -0.4 is 10.2 Å². The molecule has 2 aromatic rings. The van der Waals surface area contributed by atoms with Crippen LogP contribution in [0.15, 0.2) is 42.5 Å². The zero-order chi connectivity index (χ0) is 29.1. The molecule has 0 saturated carbocycles. The third kappa shape index (κ3) is 7.44. The van der Waals surface area contributed by atoms with Crippen molar-refractivity contribution in [1.82, 2.24) is 4.90 Å². The Balaban J connectivity index is 1.19. The molecule has 0 bridgehead atoms. The minimum Gasteiger partial charge on any atom is -0.382 e. The average molecular weight is 563 g/mol. The number of carbonyl (C=O) groups excluding carboxylic acids is 1. The molecule has 2 aliphatic heterocycles. The zero-order valence-electron chi connectivity index (χ0n) is 23.2. The molecule has 2 fully saturated rings. The van der Waals surface area contributed by atoms with Crippen LogP contribution in [-0.2, 0) is 21.1 Å². The third-order valence-electron chi connectivity index (χ3n) is 7.70. The Labute approximate surface area is 232 Å². The first-order chi connectivity index (χ1) is 18.8. The standard InChI is InChI=1S/C29H37F3N4O4/c1-28(2,3)20-4-7-23(8-5-20)34-16-12-24(13-17-34)40-19-27(37)35-14-10-21(11-15-35)33-22-6-9-26(36(38)39)25(18-22)29(30,31)32/h4-9,18,21,24,33H,10-17,19H2,1-3H3. The summed E-state index contributed by atoms with van der Waals surface area (Å²) in [5.41, 5.74) is 0.529. The summed E-state index contributed by atoms with van der Waals surface area (Å²) in [6.07, 6.45) is -2.01. The van der Waals surface area contributed by atoms with Crippen molar-refractivity contribution in [3.05, 3.63) is 63.7 Å². The van der Waals surface area contributed by atoms with E-state index >= 15 is 0 Å². The summed E-state index contributed by atoms with van der Waals surface area (Å²) < 4.78 is 45.8. The van der Waals surface area contributed by atoms with E-state index in [9.17, 15) is 28.1 Å². The SMILES string of the molecule is CC(C)(C)c1ccc(N2CCC(OCC(=O)N3CCC(Nc4ccc([N+](=O)[O-])c(C(F)(F)F)c4)CC3)CC2)cc1. The molecule has 0 spiro atoms. The normalized spacial score (nSPS) is 17.6. The fourth-order valence-electron chi connectivity index (χ4n) is 5.25. The Morgan fingerprint density at radius 2 is 1.62 bits per heavy atom. The second-order valence-electron chi connectivity index (χ2n) is 11.6. The van der Waals surface area contributed by atoms with E-state index in [1.807, 2.05) is 0 Å². The van der Waals surface area contributed by atoms with Crippen LogP contribution in [0.3, 0.4) is 0 Å². The number of halogens is 3. The van der Waals surface area contributed by atoms with Crippen LogP contribution in [0, 0.1) is 10.1 Å². The molecule has 2 aliphatic rings. The number of hydrogen-bond acceptors (Lipinski definition) is 6. The molecular weight excluding hydrogens is 525 g/mol. The van der Waals surface area contributed by atoms with Gasteiger partial charge in [-0.1, -0.05) is 32.9 Å². The number of ether oxygens (including phenoxy) is 1. The fourth-order valence-corrected chi connectivity index (χ4v) is 5.25. The second-order valence-corrected chi connectivity index (χ2v) is 11.6. The lowest BCUT2D eigenvalue weighted by atomic mass is 9.87. The van der Waals surface area contributed by atoms with E-state index in [1.165, 1.54) is 17.3 Å². The highest BCUT2D eigenvalue weighted by Crippen LogP contribution is 2.38. The molecule has 11 heteroatoms. The van der Waals surface area contributed by atoms with Gasteiger partial charge in [0, 0.05) is 49.7 Å². The number of nitro groups is 1. The predicted octanol–water partition coefficient (Wildman–Crippen LogP) is 6.00. The number of hydrogen-bond donors (Lipinski definition) is 1. The van der Waals surface area contributed by atoms with E-state index in [0.717, 1.165) is 38.1 Å². The summed E-state index contributed by atoms with van der Waals surface area (Å²) in [6.45, 7) is 9.26. The molecule has 0 atom stereocenters. The number of piperidine rings is 2. The lowest BCUT2D eigenvalue weighted by Gasteiger charge is -2.35. The van der Waals surface area contributed by atoms with E-state index in [0.29, 0.717) is 25.9 Å². The van der Waals surface area contributed by atoms with Gasteiger partial charge in [-0.25, -0.2) is 0 Å². The van der Waals surface area contributed by atoms with Gasteiger partial charge >= 0.3 is 6.18 Å². The number of amides is 1. The van der Waals surface area contributed by atoms with Gasteiger partial charge in [0.1, 0.15) is 12.2 Å². The highest BCUT2D eigenvalue weighted by atomic mass is 19.4. The van der Waals surface area contributed by atoms with Crippen molar-refractivity contribution in [3.63, 3.8) is 0 Å². The Morgan fingerprint density at radius 3 is 2.17 bits per heavy atom. The second kappa shape index (κ2) is 12.0.